The topological polar surface area (TPSA) is 49.6 Å². The molecule has 0 aliphatic carbocycles. The highest BCUT2D eigenvalue weighted by molar-refractivity contribution is 7.80. The van der Waals surface area contributed by atoms with Crippen LogP contribution in [0.3, 0.4) is 0 Å². The molecule has 5 heteroatoms. The molecule has 2 saturated heterocycles. The van der Waals surface area contributed by atoms with Crippen molar-refractivity contribution in [1.82, 2.24) is 9.80 Å². The molecule has 0 radical (unpaired) electrons. The first-order valence-corrected chi connectivity index (χ1v) is 5.38. The first-order chi connectivity index (χ1) is 6.66. The molecule has 2 heterocycles. The fraction of sp³-hybridized carbons (Fsp3) is 0.778. The molecule has 2 fully saturated rings. The van der Waals surface area contributed by atoms with Gasteiger partial charge in [-0.15, -0.1) is 0 Å². The molecular weight excluding hydrogens is 198 g/mol. The van der Waals surface area contributed by atoms with E-state index in [2.05, 4.69) is 4.90 Å². The van der Waals surface area contributed by atoms with E-state index in [4.69, 9.17) is 18.0 Å². The summed E-state index contributed by atoms with van der Waals surface area (Å²) in [5, 5.41) is 0. The minimum atomic E-state index is 0.310. The summed E-state index contributed by atoms with van der Waals surface area (Å²) in [5.74, 6) is 0.310. The average molecular weight is 213 g/mol. The third kappa shape index (κ3) is 1.88. The number of amides is 1. The molecule has 78 valence electrons. The van der Waals surface area contributed by atoms with Gasteiger partial charge >= 0.3 is 0 Å². The summed E-state index contributed by atoms with van der Waals surface area (Å²) in [7, 11) is 0. The number of rotatable bonds is 2. The quantitative estimate of drug-likeness (QED) is 0.633. The van der Waals surface area contributed by atoms with E-state index < -0.39 is 0 Å². The van der Waals surface area contributed by atoms with Crippen molar-refractivity contribution in [2.75, 3.05) is 26.2 Å². The van der Waals surface area contributed by atoms with E-state index in [9.17, 15) is 4.79 Å². The van der Waals surface area contributed by atoms with Crippen LogP contribution in [0.4, 0.5) is 0 Å². The molecule has 0 saturated carbocycles. The van der Waals surface area contributed by atoms with Gasteiger partial charge in [0.15, 0.2) is 0 Å². The van der Waals surface area contributed by atoms with Crippen molar-refractivity contribution >= 4 is 23.1 Å². The Morgan fingerprint density at radius 1 is 1.57 bits per heavy atom. The smallest absolute Gasteiger partial charge is 0.222 e. The zero-order chi connectivity index (χ0) is 10.1. The number of hydrogen-bond acceptors (Lipinski definition) is 3. The Bertz CT molecular complexity index is 269. The van der Waals surface area contributed by atoms with Crippen molar-refractivity contribution < 1.29 is 4.79 Å². The third-order valence-electron chi connectivity index (χ3n) is 2.96. The lowest BCUT2D eigenvalue weighted by Gasteiger charge is -2.37. The van der Waals surface area contributed by atoms with Crippen LogP contribution in [0.25, 0.3) is 0 Å². The Morgan fingerprint density at radius 2 is 2.36 bits per heavy atom. The monoisotopic (exact) mass is 213 g/mol. The van der Waals surface area contributed by atoms with Gasteiger partial charge < -0.3 is 10.6 Å². The van der Waals surface area contributed by atoms with Crippen LogP contribution in [0.15, 0.2) is 0 Å². The van der Waals surface area contributed by atoms with Crippen LogP contribution in [-0.4, -0.2) is 52.9 Å². The van der Waals surface area contributed by atoms with Crippen molar-refractivity contribution in [2.45, 2.75) is 18.9 Å². The minimum absolute atomic E-state index is 0.310. The summed E-state index contributed by atoms with van der Waals surface area (Å²) in [6.45, 7) is 3.36. The zero-order valence-electron chi connectivity index (χ0n) is 8.11. The molecule has 0 aromatic carbocycles. The van der Waals surface area contributed by atoms with Crippen LogP contribution >= 0.6 is 12.2 Å². The van der Waals surface area contributed by atoms with Crippen molar-refractivity contribution in [2.24, 2.45) is 5.73 Å². The summed E-state index contributed by atoms with van der Waals surface area (Å²) >= 11 is 4.88. The average Bonchev–Trinajstić information content (AvgIpc) is 2.46. The highest BCUT2D eigenvalue weighted by Gasteiger charge is 2.35. The Morgan fingerprint density at radius 3 is 3.07 bits per heavy atom. The highest BCUT2D eigenvalue weighted by atomic mass is 32.1. The molecule has 2 rings (SSSR count). The van der Waals surface area contributed by atoms with Gasteiger partial charge in [-0.05, 0) is 6.42 Å². The second-order valence-electron chi connectivity index (χ2n) is 3.98. The predicted octanol–water partition coefficient (Wildman–Crippen LogP) is -0.421. The van der Waals surface area contributed by atoms with Crippen LogP contribution in [0.1, 0.15) is 12.8 Å². The van der Waals surface area contributed by atoms with Crippen LogP contribution in [0, 0.1) is 0 Å². The lowest BCUT2D eigenvalue weighted by molar-refractivity contribution is -0.130. The predicted molar refractivity (Wildman–Crippen MR) is 58.0 cm³/mol. The second kappa shape index (κ2) is 3.82. The summed E-state index contributed by atoms with van der Waals surface area (Å²) in [6.07, 6.45) is 1.71. The lowest BCUT2D eigenvalue weighted by Crippen LogP contribution is -2.52. The number of nitrogens with two attached hydrogens (primary N) is 1. The van der Waals surface area contributed by atoms with Crippen molar-refractivity contribution in [3.8, 4) is 0 Å². The van der Waals surface area contributed by atoms with E-state index in [0.717, 1.165) is 26.1 Å². The number of piperazine rings is 1. The number of carbonyl (C=O) groups is 1. The number of hydrogen-bond donors (Lipinski definition) is 1. The van der Waals surface area contributed by atoms with Gasteiger partial charge in [0.25, 0.3) is 0 Å². The number of fused-ring (bicyclic) bond motifs is 1. The van der Waals surface area contributed by atoms with Crippen molar-refractivity contribution in [3.63, 3.8) is 0 Å². The molecule has 4 nitrogen and oxygen atoms in total. The van der Waals surface area contributed by atoms with Crippen molar-refractivity contribution in [1.29, 1.82) is 0 Å². The normalized spacial score (nSPS) is 27.9. The molecule has 14 heavy (non-hydrogen) atoms. The van der Waals surface area contributed by atoms with Gasteiger partial charge in [0, 0.05) is 38.6 Å². The molecule has 1 unspecified atom stereocenters. The molecule has 2 N–H and O–H groups in total. The lowest BCUT2D eigenvalue weighted by atomic mass is 10.1. The summed E-state index contributed by atoms with van der Waals surface area (Å²) in [6, 6.07) is 0.408. The standard InChI is InChI=1S/C9H15N3OS/c10-8(14)6-11-3-4-12-7(5-11)1-2-9(12)13/h7H,1-6H2,(H2,10,14). The van der Waals surface area contributed by atoms with E-state index in [-0.39, 0.29) is 0 Å². The third-order valence-corrected chi connectivity index (χ3v) is 3.09. The van der Waals surface area contributed by atoms with Crippen LogP contribution in [-0.2, 0) is 4.79 Å². The fourth-order valence-corrected chi connectivity index (χ4v) is 2.48. The van der Waals surface area contributed by atoms with E-state index in [0.29, 0.717) is 29.9 Å². The maximum atomic E-state index is 11.4. The molecule has 0 bridgehead atoms. The van der Waals surface area contributed by atoms with Gasteiger partial charge in [-0.3, -0.25) is 9.69 Å². The Balaban J connectivity index is 1.92. The van der Waals surface area contributed by atoms with Crippen LogP contribution in [0.2, 0.25) is 0 Å². The minimum Gasteiger partial charge on any atom is -0.392 e. The van der Waals surface area contributed by atoms with Gasteiger partial charge in [-0.1, -0.05) is 12.2 Å². The molecule has 0 aromatic rings. The molecule has 0 spiro atoms. The summed E-state index contributed by atoms with van der Waals surface area (Å²) < 4.78 is 0. The maximum absolute atomic E-state index is 11.4. The molecule has 1 amide bonds. The zero-order valence-corrected chi connectivity index (χ0v) is 8.92. The van der Waals surface area contributed by atoms with Gasteiger partial charge in [-0.25, -0.2) is 0 Å². The van der Waals surface area contributed by atoms with Gasteiger partial charge in [-0.2, -0.15) is 0 Å². The number of carbonyl (C=O) groups excluding carboxylic acids is 1. The first-order valence-electron chi connectivity index (χ1n) is 4.97. The van der Waals surface area contributed by atoms with Gasteiger partial charge in [0.05, 0.1) is 4.99 Å². The largest absolute Gasteiger partial charge is 0.392 e. The molecular formula is C9H15N3OS. The highest BCUT2D eigenvalue weighted by Crippen LogP contribution is 2.22. The van der Waals surface area contributed by atoms with Crippen LogP contribution in [0.5, 0.6) is 0 Å². The maximum Gasteiger partial charge on any atom is 0.222 e. The molecule has 2 aliphatic heterocycles. The Labute approximate surface area is 89.0 Å². The first kappa shape index (κ1) is 9.86. The molecule has 1 atom stereocenters. The number of thiocarbonyl (C=S) groups is 1. The van der Waals surface area contributed by atoms with E-state index in [1.807, 2.05) is 4.90 Å². The van der Waals surface area contributed by atoms with Gasteiger partial charge in [0.1, 0.15) is 0 Å². The Hall–Kier alpha value is -0.680. The molecule has 0 aromatic heterocycles. The van der Waals surface area contributed by atoms with Crippen LogP contribution < -0.4 is 5.73 Å². The summed E-state index contributed by atoms with van der Waals surface area (Å²) in [4.78, 5) is 16.2. The summed E-state index contributed by atoms with van der Waals surface area (Å²) in [5.41, 5.74) is 5.50. The fourth-order valence-electron chi connectivity index (χ4n) is 2.29. The van der Waals surface area contributed by atoms with E-state index in [1.165, 1.54) is 0 Å². The molecule has 2 aliphatic rings. The SMILES string of the molecule is NC(=S)CN1CCN2C(=O)CCC2C1. The van der Waals surface area contributed by atoms with Gasteiger partial charge in [0.2, 0.25) is 5.91 Å². The second-order valence-corrected chi connectivity index (χ2v) is 4.51. The Kier molecular flexibility index (Phi) is 2.69. The van der Waals surface area contributed by atoms with E-state index >= 15 is 0 Å². The number of nitrogens with zero attached hydrogens (tertiary/aromatic N) is 2. The van der Waals surface area contributed by atoms with Crippen molar-refractivity contribution in [3.05, 3.63) is 0 Å². The van der Waals surface area contributed by atoms with E-state index in [1.54, 1.807) is 0 Å².